The maximum Gasteiger partial charge on any atom is 0.337 e. The number of nitrogens with two attached hydrogens (primary N) is 1. The van der Waals surface area contributed by atoms with Crippen molar-refractivity contribution >= 4 is 34.1 Å². The zero-order valence-corrected chi connectivity index (χ0v) is 9.52. The number of rotatable bonds is 3. The number of hydrogen-bond acceptors (Lipinski definition) is 5. The van der Waals surface area contributed by atoms with Crippen molar-refractivity contribution in [2.75, 3.05) is 5.73 Å². The highest BCUT2D eigenvalue weighted by Gasteiger charge is 2.13. The van der Waals surface area contributed by atoms with Gasteiger partial charge < -0.3 is 10.8 Å². The fraction of sp³-hybridized carbons (Fsp3) is 0. The van der Waals surface area contributed by atoms with Crippen molar-refractivity contribution in [2.24, 2.45) is 0 Å². The molecule has 0 aliphatic heterocycles. The summed E-state index contributed by atoms with van der Waals surface area (Å²) in [5.41, 5.74) is 6.66. The SMILES string of the molecule is Nc1nc(/C(=C/c2cccnc2)C(=O)O)cs1. The standard InChI is InChI=1S/C11H9N3O2S/c12-11-14-9(6-17-11)8(10(15)16)4-7-2-1-3-13-5-7/h1-6H,(H2,12,14)(H,15,16)/b8-4-. The van der Waals surface area contributed by atoms with Crippen molar-refractivity contribution in [3.05, 3.63) is 41.2 Å². The Kier molecular flexibility index (Phi) is 3.15. The average molecular weight is 247 g/mol. The zero-order chi connectivity index (χ0) is 12.3. The van der Waals surface area contributed by atoms with Crippen molar-refractivity contribution in [3.63, 3.8) is 0 Å². The Morgan fingerprint density at radius 3 is 2.88 bits per heavy atom. The molecule has 0 bridgehead atoms. The molecule has 0 aliphatic rings. The highest BCUT2D eigenvalue weighted by atomic mass is 32.1. The number of carbonyl (C=O) groups is 1. The highest BCUT2D eigenvalue weighted by molar-refractivity contribution is 7.13. The first kappa shape index (κ1) is 11.3. The molecule has 0 amide bonds. The first-order valence-corrected chi connectivity index (χ1v) is 5.61. The Morgan fingerprint density at radius 1 is 1.53 bits per heavy atom. The largest absolute Gasteiger partial charge is 0.478 e. The van der Waals surface area contributed by atoms with Crippen molar-refractivity contribution in [2.45, 2.75) is 0 Å². The molecule has 2 rings (SSSR count). The smallest absolute Gasteiger partial charge is 0.337 e. The number of nitrogen functional groups attached to an aromatic ring is 1. The molecule has 0 radical (unpaired) electrons. The second-order valence-corrected chi connectivity index (χ2v) is 4.11. The van der Waals surface area contributed by atoms with Crippen LogP contribution in [-0.2, 0) is 4.79 Å². The molecule has 0 unspecified atom stereocenters. The normalized spacial score (nSPS) is 11.4. The number of nitrogens with zero attached hydrogens (tertiary/aromatic N) is 2. The topological polar surface area (TPSA) is 89.1 Å². The fourth-order valence-electron chi connectivity index (χ4n) is 1.28. The summed E-state index contributed by atoms with van der Waals surface area (Å²) < 4.78 is 0. The van der Waals surface area contributed by atoms with Crippen LogP contribution in [0.25, 0.3) is 11.6 Å². The summed E-state index contributed by atoms with van der Waals surface area (Å²) in [5, 5.41) is 11.1. The summed E-state index contributed by atoms with van der Waals surface area (Å²) in [7, 11) is 0. The summed E-state index contributed by atoms with van der Waals surface area (Å²) in [5.74, 6) is -1.04. The lowest BCUT2D eigenvalue weighted by molar-refractivity contribution is -0.130. The quantitative estimate of drug-likeness (QED) is 0.806. The van der Waals surface area contributed by atoms with Crippen molar-refractivity contribution in [1.29, 1.82) is 0 Å². The summed E-state index contributed by atoms with van der Waals surface area (Å²) >= 11 is 1.21. The number of aliphatic carboxylic acids is 1. The molecule has 0 aromatic carbocycles. The van der Waals surface area contributed by atoms with Gasteiger partial charge in [-0.2, -0.15) is 0 Å². The number of pyridine rings is 1. The van der Waals surface area contributed by atoms with Gasteiger partial charge in [0.15, 0.2) is 5.13 Å². The van der Waals surface area contributed by atoms with Crippen LogP contribution >= 0.6 is 11.3 Å². The van der Waals surface area contributed by atoms with E-state index < -0.39 is 5.97 Å². The number of carboxylic acids is 1. The Bertz CT molecular complexity index is 563. The van der Waals surface area contributed by atoms with Crippen LogP contribution < -0.4 is 5.73 Å². The summed E-state index contributed by atoms with van der Waals surface area (Å²) in [6.45, 7) is 0. The van der Waals surface area contributed by atoms with Crippen LogP contribution in [0.4, 0.5) is 5.13 Å². The third kappa shape index (κ3) is 2.67. The Balaban J connectivity index is 2.43. The van der Waals surface area contributed by atoms with Gasteiger partial charge in [-0.05, 0) is 17.7 Å². The highest BCUT2D eigenvalue weighted by Crippen LogP contribution is 2.21. The molecule has 0 atom stereocenters. The van der Waals surface area contributed by atoms with E-state index >= 15 is 0 Å². The van der Waals surface area contributed by atoms with Gasteiger partial charge in [0, 0.05) is 17.8 Å². The van der Waals surface area contributed by atoms with E-state index in [4.69, 9.17) is 10.8 Å². The number of thiazole rings is 1. The Hall–Kier alpha value is -2.21. The lowest BCUT2D eigenvalue weighted by Gasteiger charge is -1.98. The summed E-state index contributed by atoms with van der Waals surface area (Å²) in [6, 6.07) is 3.51. The Morgan fingerprint density at radius 2 is 2.35 bits per heavy atom. The molecule has 0 saturated heterocycles. The van der Waals surface area contributed by atoms with E-state index in [-0.39, 0.29) is 5.57 Å². The minimum atomic E-state index is -1.04. The molecule has 6 heteroatoms. The van der Waals surface area contributed by atoms with Crippen molar-refractivity contribution in [1.82, 2.24) is 9.97 Å². The van der Waals surface area contributed by atoms with E-state index in [1.165, 1.54) is 17.4 Å². The van der Waals surface area contributed by atoms with Gasteiger partial charge in [0.25, 0.3) is 0 Å². The molecule has 5 nitrogen and oxygen atoms in total. The van der Waals surface area contributed by atoms with Crippen LogP contribution in [0.2, 0.25) is 0 Å². The maximum absolute atomic E-state index is 11.1. The monoisotopic (exact) mass is 247 g/mol. The minimum Gasteiger partial charge on any atom is -0.478 e. The molecule has 86 valence electrons. The molecule has 3 N–H and O–H groups in total. The number of hydrogen-bond donors (Lipinski definition) is 2. The van der Waals surface area contributed by atoms with Gasteiger partial charge in [-0.15, -0.1) is 11.3 Å². The molecule has 0 saturated carbocycles. The van der Waals surface area contributed by atoms with Crippen LogP contribution in [0.5, 0.6) is 0 Å². The lowest BCUT2D eigenvalue weighted by atomic mass is 10.1. The van der Waals surface area contributed by atoms with Crippen LogP contribution in [0.1, 0.15) is 11.3 Å². The molecule has 0 fully saturated rings. The van der Waals surface area contributed by atoms with Gasteiger partial charge in [0.1, 0.15) is 0 Å². The second kappa shape index (κ2) is 4.75. The van der Waals surface area contributed by atoms with E-state index in [0.717, 1.165) is 0 Å². The zero-order valence-electron chi connectivity index (χ0n) is 8.70. The molecular weight excluding hydrogens is 238 g/mol. The van der Waals surface area contributed by atoms with E-state index in [1.807, 2.05) is 0 Å². The van der Waals surface area contributed by atoms with Gasteiger partial charge >= 0.3 is 5.97 Å². The van der Waals surface area contributed by atoms with E-state index in [2.05, 4.69) is 9.97 Å². The van der Waals surface area contributed by atoms with Crippen molar-refractivity contribution in [3.8, 4) is 0 Å². The fourth-order valence-corrected chi connectivity index (χ4v) is 1.85. The molecule has 2 aromatic rings. The van der Waals surface area contributed by atoms with E-state index in [9.17, 15) is 4.79 Å². The number of anilines is 1. The third-order valence-electron chi connectivity index (χ3n) is 2.02. The van der Waals surface area contributed by atoms with Crippen molar-refractivity contribution < 1.29 is 9.90 Å². The van der Waals surface area contributed by atoms with Crippen LogP contribution in [0, 0.1) is 0 Å². The van der Waals surface area contributed by atoms with Crippen LogP contribution in [0.15, 0.2) is 29.9 Å². The number of carboxylic acid groups (broad SMARTS) is 1. The molecule has 2 heterocycles. The minimum absolute atomic E-state index is 0.103. The average Bonchev–Trinajstić information content (AvgIpc) is 2.73. The third-order valence-corrected chi connectivity index (χ3v) is 2.70. The summed E-state index contributed by atoms with van der Waals surface area (Å²) in [6.07, 6.45) is 4.72. The molecule has 2 aromatic heterocycles. The second-order valence-electron chi connectivity index (χ2n) is 3.22. The molecule has 0 aliphatic carbocycles. The predicted octanol–water partition coefficient (Wildman–Crippen LogP) is 1.75. The van der Waals surface area contributed by atoms with Crippen LogP contribution in [-0.4, -0.2) is 21.0 Å². The van der Waals surface area contributed by atoms with Gasteiger partial charge in [-0.3, -0.25) is 4.98 Å². The molecular formula is C11H9N3O2S. The van der Waals surface area contributed by atoms with Gasteiger partial charge in [0.2, 0.25) is 0 Å². The number of aromatic nitrogens is 2. The summed E-state index contributed by atoms with van der Waals surface area (Å²) in [4.78, 5) is 19.0. The van der Waals surface area contributed by atoms with Gasteiger partial charge in [-0.1, -0.05) is 6.07 Å². The van der Waals surface area contributed by atoms with Crippen LogP contribution in [0.3, 0.4) is 0 Å². The van der Waals surface area contributed by atoms with Gasteiger partial charge in [0.05, 0.1) is 11.3 Å². The first-order valence-electron chi connectivity index (χ1n) is 4.73. The van der Waals surface area contributed by atoms with E-state index in [1.54, 1.807) is 29.9 Å². The Labute approximate surface area is 101 Å². The molecule has 17 heavy (non-hydrogen) atoms. The lowest BCUT2D eigenvalue weighted by Crippen LogP contribution is -2.00. The molecule has 0 spiro atoms. The maximum atomic E-state index is 11.1. The first-order chi connectivity index (χ1) is 8.16. The van der Waals surface area contributed by atoms with E-state index in [0.29, 0.717) is 16.4 Å². The van der Waals surface area contributed by atoms with Gasteiger partial charge in [-0.25, -0.2) is 9.78 Å². The predicted molar refractivity (Wildman–Crippen MR) is 66.3 cm³/mol.